The van der Waals surface area contributed by atoms with Crippen LogP contribution in [0.15, 0.2) is 16.6 Å². The SMILES string of the molecule is Cc1ccc(Br)c([C@H](C2CCCC2)N2CCNCC2)c1O.Cl.Cl. The maximum Gasteiger partial charge on any atom is 0.124 e. The van der Waals surface area contributed by atoms with E-state index in [4.69, 9.17) is 0 Å². The number of hydrogen-bond donors (Lipinski definition) is 2. The molecule has 1 atom stereocenters. The van der Waals surface area contributed by atoms with Gasteiger partial charge in [-0.2, -0.15) is 0 Å². The summed E-state index contributed by atoms with van der Waals surface area (Å²) >= 11 is 3.69. The molecule has 2 fully saturated rings. The molecule has 3 rings (SSSR count). The normalized spacial score (nSPS) is 20.6. The van der Waals surface area contributed by atoms with Crippen LogP contribution in [-0.4, -0.2) is 36.2 Å². The molecule has 132 valence electrons. The molecule has 0 spiro atoms. The Balaban J connectivity index is 0.00000132. The third kappa shape index (κ3) is 4.55. The van der Waals surface area contributed by atoms with Crippen LogP contribution < -0.4 is 5.32 Å². The van der Waals surface area contributed by atoms with E-state index in [0.29, 0.717) is 17.7 Å². The molecule has 23 heavy (non-hydrogen) atoms. The number of phenolic OH excluding ortho intramolecular Hbond substituents is 1. The van der Waals surface area contributed by atoms with Gasteiger partial charge in [-0.15, -0.1) is 24.8 Å². The van der Waals surface area contributed by atoms with E-state index >= 15 is 0 Å². The molecule has 0 radical (unpaired) electrons. The van der Waals surface area contributed by atoms with E-state index < -0.39 is 0 Å². The molecule has 1 aliphatic heterocycles. The van der Waals surface area contributed by atoms with Crippen LogP contribution in [-0.2, 0) is 0 Å². The molecule has 6 heteroatoms. The number of hydrogen-bond acceptors (Lipinski definition) is 3. The molecular formula is C17H27BrCl2N2O. The van der Waals surface area contributed by atoms with E-state index in [0.717, 1.165) is 41.8 Å². The third-order valence-electron chi connectivity index (χ3n) is 5.05. The van der Waals surface area contributed by atoms with Crippen molar-refractivity contribution in [3.05, 3.63) is 27.7 Å². The van der Waals surface area contributed by atoms with Gasteiger partial charge in [-0.25, -0.2) is 0 Å². The zero-order chi connectivity index (χ0) is 14.8. The van der Waals surface area contributed by atoms with E-state index in [1.54, 1.807) is 0 Å². The van der Waals surface area contributed by atoms with Crippen molar-refractivity contribution < 1.29 is 5.11 Å². The van der Waals surface area contributed by atoms with Gasteiger partial charge in [0.2, 0.25) is 0 Å². The predicted molar refractivity (Wildman–Crippen MR) is 104 cm³/mol. The Hall–Kier alpha value is -0.000000000000000111. The number of nitrogens with zero attached hydrogens (tertiary/aromatic N) is 1. The van der Waals surface area contributed by atoms with Crippen molar-refractivity contribution in [1.29, 1.82) is 0 Å². The molecule has 2 aliphatic rings. The second kappa shape index (κ2) is 9.47. The summed E-state index contributed by atoms with van der Waals surface area (Å²) in [5.74, 6) is 1.16. The molecule has 3 nitrogen and oxygen atoms in total. The maximum atomic E-state index is 10.7. The monoisotopic (exact) mass is 424 g/mol. The van der Waals surface area contributed by atoms with Gasteiger partial charge in [-0.1, -0.05) is 34.8 Å². The van der Waals surface area contributed by atoms with Gasteiger partial charge in [0.25, 0.3) is 0 Å². The Morgan fingerprint density at radius 3 is 2.39 bits per heavy atom. The Bertz CT molecular complexity index is 504. The fourth-order valence-corrected chi connectivity index (χ4v) is 4.48. The lowest BCUT2D eigenvalue weighted by Crippen LogP contribution is -2.46. The third-order valence-corrected chi connectivity index (χ3v) is 5.74. The number of benzene rings is 1. The topological polar surface area (TPSA) is 35.5 Å². The summed E-state index contributed by atoms with van der Waals surface area (Å²) in [6, 6.07) is 4.44. The molecule has 1 aliphatic carbocycles. The van der Waals surface area contributed by atoms with Gasteiger partial charge in [-0.3, -0.25) is 4.90 Å². The van der Waals surface area contributed by atoms with Crippen LogP contribution in [0, 0.1) is 12.8 Å². The number of aromatic hydroxyl groups is 1. The zero-order valence-corrected chi connectivity index (χ0v) is 16.8. The molecule has 1 aromatic carbocycles. The molecule has 0 amide bonds. The smallest absolute Gasteiger partial charge is 0.124 e. The number of aryl methyl sites for hydroxylation is 1. The summed E-state index contributed by atoms with van der Waals surface area (Å²) in [5, 5.41) is 14.1. The summed E-state index contributed by atoms with van der Waals surface area (Å²) in [7, 11) is 0. The van der Waals surface area contributed by atoms with E-state index in [1.807, 2.05) is 13.0 Å². The highest BCUT2D eigenvalue weighted by Crippen LogP contribution is 2.46. The van der Waals surface area contributed by atoms with Crippen LogP contribution in [0.2, 0.25) is 0 Å². The quantitative estimate of drug-likeness (QED) is 0.751. The van der Waals surface area contributed by atoms with Crippen LogP contribution >= 0.6 is 40.7 Å². The molecule has 2 N–H and O–H groups in total. The largest absolute Gasteiger partial charge is 0.507 e. The second-order valence-corrected chi connectivity index (χ2v) is 7.26. The van der Waals surface area contributed by atoms with Gasteiger partial charge >= 0.3 is 0 Å². The minimum absolute atomic E-state index is 0. The summed E-state index contributed by atoms with van der Waals surface area (Å²) in [6.45, 7) is 6.23. The van der Waals surface area contributed by atoms with Crippen molar-refractivity contribution in [2.45, 2.75) is 38.6 Å². The number of halogens is 3. The molecule has 0 aromatic heterocycles. The first-order valence-electron chi connectivity index (χ1n) is 8.11. The predicted octanol–water partition coefficient (Wildman–Crippen LogP) is 4.44. The van der Waals surface area contributed by atoms with Gasteiger partial charge < -0.3 is 10.4 Å². The van der Waals surface area contributed by atoms with Gasteiger partial charge in [0.05, 0.1) is 0 Å². The van der Waals surface area contributed by atoms with Crippen LogP contribution in [0.1, 0.15) is 42.9 Å². The van der Waals surface area contributed by atoms with Crippen molar-refractivity contribution in [1.82, 2.24) is 10.2 Å². The number of piperazine rings is 1. The van der Waals surface area contributed by atoms with Crippen molar-refractivity contribution in [3.8, 4) is 5.75 Å². The van der Waals surface area contributed by atoms with Crippen LogP contribution in [0.4, 0.5) is 0 Å². The Morgan fingerprint density at radius 2 is 1.78 bits per heavy atom. The molecule has 1 saturated carbocycles. The molecule has 0 bridgehead atoms. The van der Waals surface area contributed by atoms with Crippen LogP contribution in [0.25, 0.3) is 0 Å². The first-order valence-corrected chi connectivity index (χ1v) is 8.90. The van der Waals surface area contributed by atoms with Gasteiger partial charge in [0, 0.05) is 42.3 Å². The first-order chi connectivity index (χ1) is 10.2. The minimum atomic E-state index is 0. The molecule has 1 aromatic rings. The van der Waals surface area contributed by atoms with Gasteiger partial charge in [0.1, 0.15) is 5.75 Å². The molecule has 1 heterocycles. The highest BCUT2D eigenvalue weighted by atomic mass is 79.9. The lowest BCUT2D eigenvalue weighted by atomic mass is 9.88. The summed E-state index contributed by atoms with van der Waals surface area (Å²) in [4.78, 5) is 2.58. The van der Waals surface area contributed by atoms with Gasteiger partial charge in [0.15, 0.2) is 0 Å². The van der Waals surface area contributed by atoms with Crippen molar-refractivity contribution >= 4 is 40.7 Å². The molecule has 0 unspecified atom stereocenters. The highest BCUT2D eigenvalue weighted by Gasteiger charge is 2.34. The standard InChI is InChI=1S/C17H25BrN2O.2ClH/c1-12-6-7-14(18)15(17(12)21)16(13-4-2-3-5-13)20-10-8-19-9-11-20;;/h6-7,13,16,19,21H,2-5,8-11H2,1H3;2*1H/t16-;;/m0../s1. The second-order valence-electron chi connectivity index (χ2n) is 6.40. The average molecular weight is 426 g/mol. The minimum Gasteiger partial charge on any atom is -0.507 e. The Kier molecular flexibility index (Phi) is 8.67. The van der Waals surface area contributed by atoms with Gasteiger partial charge in [-0.05, 0) is 37.3 Å². The van der Waals surface area contributed by atoms with Crippen molar-refractivity contribution in [2.75, 3.05) is 26.2 Å². The Labute approximate surface area is 160 Å². The van der Waals surface area contributed by atoms with E-state index in [1.165, 1.54) is 25.7 Å². The molecule has 1 saturated heterocycles. The lowest BCUT2D eigenvalue weighted by molar-refractivity contribution is 0.122. The maximum absolute atomic E-state index is 10.7. The van der Waals surface area contributed by atoms with Crippen molar-refractivity contribution in [2.24, 2.45) is 5.92 Å². The average Bonchev–Trinajstić information content (AvgIpc) is 3.02. The van der Waals surface area contributed by atoms with E-state index in [-0.39, 0.29) is 24.8 Å². The summed E-state index contributed by atoms with van der Waals surface area (Å²) in [5.41, 5.74) is 2.09. The van der Waals surface area contributed by atoms with Crippen LogP contribution in [0.5, 0.6) is 5.75 Å². The van der Waals surface area contributed by atoms with E-state index in [9.17, 15) is 5.11 Å². The first kappa shape index (κ1) is 21.0. The number of rotatable bonds is 3. The number of phenols is 1. The van der Waals surface area contributed by atoms with E-state index in [2.05, 4.69) is 32.2 Å². The fraction of sp³-hybridized carbons (Fsp3) is 0.647. The number of nitrogens with one attached hydrogen (secondary N) is 1. The molecular weight excluding hydrogens is 399 g/mol. The summed E-state index contributed by atoms with van der Waals surface area (Å²) in [6.07, 6.45) is 5.23. The van der Waals surface area contributed by atoms with Crippen molar-refractivity contribution in [3.63, 3.8) is 0 Å². The lowest BCUT2D eigenvalue weighted by Gasteiger charge is -2.39. The fourth-order valence-electron chi connectivity index (χ4n) is 3.92. The Morgan fingerprint density at radius 1 is 1.17 bits per heavy atom. The zero-order valence-electron chi connectivity index (χ0n) is 13.6. The van der Waals surface area contributed by atoms with Crippen LogP contribution in [0.3, 0.4) is 0 Å². The summed E-state index contributed by atoms with van der Waals surface area (Å²) < 4.78 is 1.06. The highest BCUT2D eigenvalue weighted by molar-refractivity contribution is 9.10.